The molecular formula is C22H23F3N4O4S. The number of carbonyl (C=O) groups excluding carboxylic acids is 1. The fourth-order valence-electron chi connectivity index (χ4n) is 3.53. The molecule has 8 nitrogen and oxygen atoms in total. The zero-order valence-electron chi connectivity index (χ0n) is 18.1. The molecule has 1 fully saturated rings. The molecule has 34 heavy (non-hydrogen) atoms. The van der Waals surface area contributed by atoms with Crippen LogP contribution in [0, 0.1) is 11.3 Å². The number of hydrogen-bond acceptors (Lipinski definition) is 6. The molecular weight excluding hydrogens is 473 g/mol. The summed E-state index contributed by atoms with van der Waals surface area (Å²) in [4.78, 5) is 16.2. The largest absolute Gasteiger partial charge is 0.573 e. The van der Waals surface area contributed by atoms with E-state index >= 15 is 0 Å². The van der Waals surface area contributed by atoms with Crippen LogP contribution in [0.5, 0.6) is 5.75 Å². The first-order valence-electron chi connectivity index (χ1n) is 10.5. The third kappa shape index (κ3) is 7.10. The molecule has 182 valence electrons. The second-order valence-corrected chi connectivity index (χ2v) is 9.31. The van der Waals surface area contributed by atoms with Crippen molar-refractivity contribution in [1.29, 1.82) is 5.26 Å². The molecule has 0 saturated carbocycles. The van der Waals surface area contributed by atoms with Crippen LogP contribution in [0.25, 0.3) is 0 Å². The number of ether oxygens (including phenoxy) is 1. The highest BCUT2D eigenvalue weighted by Gasteiger charge is 2.31. The van der Waals surface area contributed by atoms with Gasteiger partial charge in [-0.15, -0.1) is 13.2 Å². The predicted octanol–water partition coefficient (Wildman–Crippen LogP) is 2.86. The minimum atomic E-state index is -4.87. The molecule has 12 heteroatoms. The fourth-order valence-corrected chi connectivity index (χ4v) is 4.56. The first-order chi connectivity index (χ1) is 16.1. The Morgan fingerprint density at radius 1 is 1.03 bits per heavy atom. The van der Waals surface area contributed by atoms with Crippen molar-refractivity contribution in [3.05, 3.63) is 54.1 Å². The average molecular weight is 497 g/mol. The van der Waals surface area contributed by atoms with Gasteiger partial charge in [0.15, 0.2) is 0 Å². The maximum Gasteiger partial charge on any atom is 0.573 e. The van der Waals surface area contributed by atoms with Gasteiger partial charge in [-0.3, -0.25) is 4.79 Å². The zero-order valence-corrected chi connectivity index (χ0v) is 18.9. The highest BCUT2D eigenvalue weighted by molar-refractivity contribution is 7.89. The lowest BCUT2D eigenvalue weighted by Gasteiger charge is -2.24. The molecule has 0 unspecified atom stereocenters. The second kappa shape index (κ2) is 10.8. The molecule has 0 aliphatic carbocycles. The lowest BCUT2D eigenvalue weighted by Crippen LogP contribution is -2.37. The van der Waals surface area contributed by atoms with Crippen LogP contribution in [0.4, 0.5) is 18.9 Å². The Labute approximate surface area is 195 Å². The molecule has 1 saturated heterocycles. The molecule has 0 aromatic heterocycles. The number of hydrogen-bond donors (Lipinski definition) is 1. The Balaban J connectivity index is 1.49. The minimum absolute atomic E-state index is 0.0502. The molecule has 2 aromatic carbocycles. The van der Waals surface area contributed by atoms with E-state index in [1.165, 1.54) is 0 Å². The van der Waals surface area contributed by atoms with Gasteiger partial charge in [0.25, 0.3) is 0 Å². The lowest BCUT2D eigenvalue weighted by atomic mass is 10.2. The van der Waals surface area contributed by atoms with E-state index in [1.54, 1.807) is 17.0 Å². The van der Waals surface area contributed by atoms with Gasteiger partial charge in [0.05, 0.1) is 16.5 Å². The van der Waals surface area contributed by atoms with Gasteiger partial charge in [-0.05, 0) is 55.0 Å². The van der Waals surface area contributed by atoms with E-state index < -0.39 is 22.1 Å². The predicted molar refractivity (Wildman–Crippen MR) is 117 cm³/mol. The van der Waals surface area contributed by atoms with Crippen molar-refractivity contribution in [2.24, 2.45) is 0 Å². The standard InChI is InChI=1S/C22H23F3N4O4S/c23-22(24,25)33-19-6-8-20(9-7-19)34(31,32)27-11-10-21(30)29-13-1-12-28(14-15-29)18-4-2-17(16-26)3-5-18/h2-9,27H,1,10-15H2. The van der Waals surface area contributed by atoms with Crippen LogP contribution >= 0.6 is 0 Å². The Morgan fingerprint density at radius 3 is 2.32 bits per heavy atom. The summed E-state index contributed by atoms with van der Waals surface area (Å²) in [6.07, 6.45) is -4.18. The van der Waals surface area contributed by atoms with Gasteiger partial charge in [0.2, 0.25) is 15.9 Å². The summed E-state index contributed by atoms with van der Waals surface area (Å²) >= 11 is 0. The number of rotatable bonds is 7. The van der Waals surface area contributed by atoms with Crippen LogP contribution in [0.2, 0.25) is 0 Å². The van der Waals surface area contributed by atoms with E-state index in [9.17, 15) is 26.4 Å². The van der Waals surface area contributed by atoms with E-state index in [4.69, 9.17) is 5.26 Å². The number of amides is 1. The molecule has 0 atom stereocenters. The molecule has 1 amide bonds. The average Bonchev–Trinajstić information content (AvgIpc) is 3.05. The maximum absolute atomic E-state index is 12.6. The SMILES string of the molecule is N#Cc1ccc(N2CCCN(C(=O)CCNS(=O)(=O)c3ccc(OC(F)(F)F)cc3)CC2)cc1. The smallest absolute Gasteiger partial charge is 0.406 e. The van der Waals surface area contributed by atoms with E-state index in [0.29, 0.717) is 25.2 Å². The van der Waals surface area contributed by atoms with Crippen molar-refractivity contribution < 1.29 is 31.1 Å². The second-order valence-electron chi connectivity index (χ2n) is 7.55. The Kier molecular flexibility index (Phi) is 8.01. The van der Waals surface area contributed by atoms with Crippen LogP contribution in [-0.4, -0.2) is 58.3 Å². The van der Waals surface area contributed by atoms with Crippen molar-refractivity contribution in [2.75, 3.05) is 37.6 Å². The first kappa shape index (κ1) is 25.3. The van der Waals surface area contributed by atoms with Crippen molar-refractivity contribution >= 4 is 21.6 Å². The monoisotopic (exact) mass is 496 g/mol. The van der Waals surface area contributed by atoms with Gasteiger partial charge in [-0.1, -0.05) is 0 Å². The van der Waals surface area contributed by atoms with Crippen LogP contribution in [0.3, 0.4) is 0 Å². The minimum Gasteiger partial charge on any atom is -0.406 e. The lowest BCUT2D eigenvalue weighted by molar-refractivity contribution is -0.274. The Bertz CT molecular complexity index is 1130. The molecule has 3 rings (SSSR count). The third-order valence-electron chi connectivity index (χ3n) is 5.21. The zero-order chi connectivity index (χ0) is 24.8. The van der Waals surface area contributed by atoms with Gasteiger partial charge in [0.1, 0.15) is 5.75 Å². The van der Waals surface area contributed by atoms with E-state index in [0.717, 1.165) is 42.9 Å². The maximum atomic E-state index is 12.6. The molecule has 0 bridgehead atoms. The number of halogens is 3. The summed E-state index contributed by atoms with van der Waals surface area (Å²) in [7, 11) is -3.99. The summed E-state index contributed by atoms with van der Waals surface area (Å²) in [5.41, 5.74) is 1.54. The van der Waals surface area contributed by atoms with Crippen molar-refractivity contribution in [1.82, 2.24) is 9.62 Å². The fraction of sp³-hybridized carbons (Fsp3) is 0.364. The Morgan fingerprint density at radius 2 is 1.71 bits per heavy atom. The van der Waals surface area contributed by atoms with Crippen molar-refractivity contribution in [3.8, 4) is 11.8 Å². The van der Waals surface area contributed by atoms with Crippen molar-refractivity contribution in [3.63, 3.8) is 0 Å². The molecule has 2 aromatic rings. The number of alkyl halides is 3. The summed E-state index contributed by atoms with van der Waals surface area (Å²) in [6.45, 7) is 2.23. The molecule has 1 N–H and O–H groups in total. The van der Waals surface area contributed by atoms with Gasteiger partial charge >= 0.3 is 6.36 Å². The van der Waals surface area contributed by atoms with Gasteiger partial charge in [0, 0.05) is 44.8 Å². The number of nitrogens with zero attached hydrogens (tertiary/aromatic N) is 3. The number of anilines is 1. The van der Waals surface area contributed by atoms with Gasteiger partial charge in [-0.25, -0.2) is 13.1 Å². The molecule has 0 spiro atoms. The number of nitrogens with one attached hydrogen (secondary N) is 1. The van der Waals surface area contributed by atoms with Crippen molar-refractivity contribution in [2.45, 2.75) is 24.1 Å². The Hall–Kier alpha value is -3.30. The van der Waals surface area contributed by atoms with Crippen LogP contribution in [0.1, 0.15) is 18.4 Å². The number of carbonyl (C=O) groups is 1. The quantitative estimate of drug-likeness (QED) is 0.633. The van der Waals surface area contributed by atoms with Crippen LogP contribution in [-0.2, 0) is 14.8 Å². The molecule has 1 aliphatic rings. The van der Waals surface area contributed by atoms with E-state index in [-0.39, 0.29) is 23.8 Å². The van der Waals surface area contributed by atoms with E-state index in [1.807, 2.05) is 12.1 Å². The summed E-state index contributed by atoms with van der Waals surface area (Å²) in [5.74, 6) is -0.726. The molecule has 0 radical (unpaired) electrons. The summed E-state index contributed by atoms with van der Waals surface area (Å²) in [5, 5.41) is 8.92. The highest BCUT2D eigenvalue weighted by atomic mass is 32.2. The van der Waals surface area contributed by atoms with Crippen LogP contribution < -0.4 is 14.4 Å². The summed E-state index contributed by atoms with van der Waals surface area (Å²) in [6, 6.07) is 13.1. The first-order valence-corrected chi connectivity index (χ1v) is 11.9. The summed E-state index contributed by atoms with van der Waals surface area (Å²) < 4.78 is 67.4. The van der Waals surface area contributed by atoms with E-state index in [2.05, 4.69) is 20.4 Å². The molecule has 1 aliphatic heterocycles. The topological polar surface area (TPSA) is 103 Å². The van der Waals surface area contributed by atoms with Gasteiger partial charge in [-0.2, -0.15) is 5.26 Å². The highest BCUT2D eigenvalue weighted by Crippen LogP contribution is 2.24. The van der Waals surface area contributed by atoms with Crippen LogP contribution in [0.15, 0.2) is 53.4 Å². The molecule has 1 heterocycles. The number of sulfonamides is 1. The van der Waals surface area contributed by atoms with Gasteiger partial charge < -0.3 is 14.5 Å². The third-order valence-corrected chi connectivity index (χ3v) is 6.69. The number of benzene rings is 2. The number of nitriles is 1. The normalized spacial score (nSPS) is 14.9.